The molecule has 88 valence electrons. The lowest BCUT2D eigenvalue weighted by Crippen LogP contribution is -2.26. The molecule has 0 saturated carbocycles. The van der Waals surface area contributed by atoms with Crippen molar-refractivity contribution in [3.63, 3.8) is 0 Å². The van der Waals surface area contributed by atoms with Crippen LogP contribution in [0.4, 0.5) is 0 Å². The molecule has 1 aromatic heterocycles. The molecule has 17 heavy (non-hydrogen) atoms. The van der Waals surface area contributed by atoms with Gasteiger partial charge in [-0.3, -0.25) is 4.68 Å². The molecule has 0 spiro atoms. The van der Waals surface area contributed by atoms with Crippen molar-refractivity contribution < 1.29 is 9.84 Å². The Hall–Kier alpha value is -1.81. The first-order valence-electron chi connectivity index (χ1n) is 5.69. The van der Waals surface area contributed by atoms with Gasteiger partial charge in [-0.25, -0.2) is 0 Å². The third kappa shape index (κ3) is 1.80. The number of aromatic nitrogens is 2. The molecule has 1 aliphatic rings. The summed E-state index contributed by atoms with van der Waals surface area (Å²) in [4.78, 5) is 0. The van der Waals surface area contributed by atoms with E-state index in [0.717, 1.165) is 22.7 Å². The van der Waals surface area contributed by atoms with Crippen LogP contribution in [0.5, 0.6) is 5.75 Å². The van der Waals surface area contributed by atoms with E-state index in [1.165, 1.54) is 0 Å². The zero-order valence-corrected chi connectivity index (χ0v) is 9.63. The van der Waals surface area contributed by atoms with Gasteiger partial charge in [0.2, 0.25) is 0 Å². The van der Waals surface area contributed by atoms with Crippen LogP contribution in [0.3, 0.4) is 0 Å². The summed E-state index contributed by atoms with van der Waals surface area (Å²) in [6, 6.07) is 9.85. The summed E-state index contributed by atoms with van der Waals surface area (Å²) in [7, 11) is 0. The Bertz CT molecular complexity index is 548. The number of aryl methyl sites for hydroxylation is 1. The minimum atomic E-state index is -0.526. The number of aliphatic hydroxyl groups excluding tert-OH is 1. The molecule has 0 fully saturated rings. The number of nitrogens with zero attached hydrogens (tertiary/aromatic N) is 2. The topological polar surface area (TPSA) is 47.3 Å². The van der Waals surface area contributed by atoms with Gasteiger partial charge < -0.3 is 9.84 Å². The number of para-hydroxylation sites is 1. The third-order valence-corrected chi connectivity index (χ3v) is 2.88. The van der Waals surface area contributed by atoms with Crippen molar-refractivity contribution in [2.24, 2.45) is 0 Å². The molecule has 1 N–H and O–H groups in total. The number of hydrogen-bond acceptors (Lipinski definition) is 3. The summed E-state index contributed by atoms with van der Waals surface area (Å²) in [6.07, 6.45) is -0.526. The second-order valence-electron chi connectivity index (χ2n) is 4.31. The number of hydrogen-bond donors (Lipinski definition) is 1. The van der Waals surface area contributed by atoms with Gasteiger partial charge in [-0.15, -0.1) is 0 Å². The van der Waals surface area contributed by atoms with E-state index in [0.29, 0.717) is 13.2 Å². The summed E-state index contributed by atoms with van der Waals surface area (Å²) in [5.41, 5.74) is 2.97. The Morgan fingerprint density at radius 1 is 1.41 bits per heavy atom. The molecule has 2 heterocycles. The van der Waals surface area contributed by atoms with Gasteiger partial charge in [0, 0.05) is 5.56 Å². The van der Waals surface area contributed by atoms with E-state index in [2.05, 4.69) is 5.10 Å². The van der Waals surface area contributed by atoms with Gasteiger partial charge in [0.15, 0.2) is 0 Å². The Labute approximate surface area is 99.5 Å². The lowest BCUT2D eigenvalue weighted by atomic mass is 10.1. The Balaban J connectivity index is 2.20. The van der Waals surface area contributed by atoms with E-state index in [4.69, 9.17) is 4.74 Å². The molecule has 3 rings (SSSR count). The van der Waals surface area contributed by atoms with Crippen molar-refractivity contribution in [3.8, 4) is 17.0 Å². The first-order valence-corrected chi connectivity index (χ1v) is 5.69. The second-order valence-corrected chi connectivity index (χ2v) is 4.31. The Morgan fingerprint density at radius 2 is 2.24 bits per heavy atom. The summed E-state index contributed by atoms with van der Waals surface area (Å²) < 4.78 is 7.46. The molecule has 1 aliphatic heterocycles. The van der Waals surface area contributed by atoms with E-state index in [9.17, 15) is 5.11 Å². The molecular formula is C13H14N2O2. The molecule has 1 aromatic carbocycles. The van der Waals surface area contributed by atoms with Crippen LogP contribution in [-0.2, 0) is 6.54 Å². The first-order chi connectivity index (χ1) is 8.24. The van der Waals surface area contributed by atoms with Crippen LogP contribution in [-0.4, -0.2) is 27.6 Å². The number of aliphatic hydroxyl groups is 1. The molecule has 4 nitrogen and oxygen atoms in total. The average Bonchev–Trinajstić information content (AvgIpc) is 2.66. The zero-order valence-electron chi connectivity index (χ0n) is 9.63. The van der Waals surface area contributed by atoms with Crippen molar-refractivity contribution in [3.05, 3.63) is 36.0 Å². The predicted molar refractivity (Wildman–Crippen MR) is 63.9 cm³/mol. The van der Waals surface area contributed by atoms with Crippen LogP contribution in [0.1, 0.15) is 5.69 Å². The van der Waals surface area contributed by atoms with E-state index in [1.807, 2.05) is 41.9 Å². The molecule has 1 atom stereocenters. The number of fused-ring (bicyclic) bond motifs is 3. The van der Waals surface area contributed by atoms with E-state index in [1.54, 1.807) is 0 Å². The number of rotatable bonds is 0. The van der Waals surface area contributed by atoms with E-state index < -0.39 is 6.10 Å². The highest BCUT2D eigenvalue weighted by Crippen LogP contribution is 2.31. The van der Waals surface area contributed by atoms with E-state index in [-0.39, 0.29) is 0 Å². The van der Waals surface area contributed by atoms with Crippen molar-refractivity contribution in [1.82, 2.24) is 9.78 Å². The SMILES string of the molecule is Cc1cc2n(n1)CC(O)COc1ccccc1-2. The highest BCUT2D eigenvalue weighted by atomic mass is 16.5. The minimum absolute atomic E-state index is 0.301. The van der Waals surface area contributed by atoms with Crippen molar-refractivity contribution in [2.75, 3.05) is 6.61 Å². The molecule has 2 aromatic rings. The zero-order chi connectivity index (χ0) is 11.8. The second kappa shape index (κ2) is 3.89. The van der Waals surface area contributed by atoms with Gasteiger partial charge in [0.05, 0.1) is 17.9 Å². The van der Waals surface area contributed by atoms with Crippen molar-refractivity contribution in [2.45, 2.75) is 19.6 Å². The van der Waals surface area contributed by atoms with Crippen LogP contribution >= 0.6 is 0 Å². The van der Waals surface area contributed by atoms with Gasteiger partial charge in [-0.05, 0) is 25.1 Å². The minimum Gasteiger partial charge on any atom is -0.490 e. The van der Waals surface area contributed by atoms with Crippen LogP contribution in [0.15, 0.2) is 30.3 Å². The monoisotopic (exact) mass is 230 g/mol. The number of benzene rings is 1. The molecule has 4 heteroatoms. The van der Waals surface area contributed by atoms with Crippen LogP contribution in [0.2, 0.25) is 0 Å². The maximum absolute atomic E-state index is 9.81. The fraction of sp³-hybridized carbons (Fsp3) is 0.308. The molecule has 0 aliphatic carbocycles. The molecule has 1 unspecified atom stereocenters. The largest absolute Gasteiger partial charge is 0.490 e. The highest BCUT2D eigenvalue weighted by molar-refractivity contribution is 5.68. The summed E-state index contributed by atoms with van der Waals surface area (Å²) in [5.74, 6) is 0.799. The van der Waals surface area contributed by atoms with Gasteiger partial charge in [0.1, 0.15) is 18.5 Å². The predicted octanol–water partition coefficient (Wildman–Crippen LogP) is 1.61. The molecular weight excluding hydrogens is 216 g/mol. The molecule has 0 radical (unpaired) electrons. The maximum Gasteiger partial charge on any atom is 0.128 e. The van der Waals surface area contributed by atoms with Crippen molar-refractivity contribution in [1.29, 1.82) is 0 Å². The fourth-order valence-corrected chi connectivity index (χ4v) is 2.14. The quantitative estimate of drug-likeness (QED) is 0.748. The molecule has 0 saturated heterocycles. The van der Waals surface area contributed by atoms with Gasteiger partial charge in [-0.1, -0.05) is 12.1 Å². The summed E-state index contributed by atoms with van der Waals surface area (Å²) >= 11 is 0. The lowest BCUT2D eigenvalue weighted by Gasteiger charge is -2.20. The molecule has 0 amide bonds. The van der Waals surface area contributed by atoms with Crippen LogP contribution in [0, 0.1) is 6.92 Å². The van der Waals surface area contributed by atoms with Crippen LogP contribution in [0.25, 0.3) is 11.3 Å². The van der Waals surface area contributed by atoms with E-state index >= 15 is 0 Å². The smallest absolute Gasteiger partial charge is 0.128 e. The maximum atomic E-state index is 9.81. The first kappa shape index (κ1) is 10.4. The number of ether oxygens (including phenoxy) is 1. The van der Waals surface area contributed by atoms with Gasteiger partial charge in [-0.2, -0.15) is 5.10 Å². The Kier molecular flexibility index (Phi) is 2.37. The van der Waals surface area contributed by atoms with Gasteiger partial charge in [0.25, 0.3) is 0 Å². The van der Waals surface area contributed by atoms with Gasteiger partial charge >= 0.3 is 0 Å². The average molecular weight is 230 g/mol. The highest BCUT2D eigenvalue weighted by Gasteiger charge is 2.19. The fourth-order valence-electron chi connectivity index (χ4n) is 2.14. The summed E-state index contributed by atoms with van der Waals surface area (Å²) in [6.45, 7) is 2.72. The molecule has 0 bridgehead atoms. The van der Waals surface area contributed by atoms with Crippen molar-refractivity contribution >= 4 is 0 Å². The van der Waals surface area contributed by atoms with Crippen LogP contribution < -0.4 is 4.74 Å². The third-order valence-electron chi connectivity index (χ3n) is 2.88. The standard InChI is InChI=1S/C13H14N2O2/c1-9-6-12-11-4-2-3-5-13(11)17-8-10(16)7-15(12)14-9/h2-6,10,16H,7-8H2,1H3. The Morgan fingerprint density at radius 3 is 3.12 bits per heavy atom. The summed E-state index contributed by atoms with van der Waals surface area (Å²) in [5, 5.41) is 14.2. The lowest BCUT2D eigenvalue weighted by molar-refractivity contribution is 0.0877. The normalized spacial score (nSPS) is 18.6.